The summed E-state index contributed by atoms with van der Waals surface area (Å²) in [6.07, 6.45) is 6.49. The van der Waals surface area contributed by atoms with E-state index in [0.717, 1.165) is 32.1 Å². The second-order valence-corrected chi connectivity index (χ2v) is 7.06. The van der Waals surface area contributed by atoms with Crippen molar-refractivity contribution in [2.45, 2.75) is 78.7 Å². The first kappa shape index (κ1) is 16.5. The van der Waals surface area contributed by atoms with E-state index in [0.29, 0.717) is 11.3 Å². The van der Waals surface area contributed by atoms with E-state index >= 15 is 0 Å². The Kier molecular flexibility index (Phi) is 5.43. The number of hydrogen-bond acceptors (Lipinski definition) is 2. The summed E-state index contributed by atoms with van der Waals surface area (Å²) >= 11 is 0. The molecule has 0 aromatic rings. The van der Waals surface area contributed by atoms with Crippen LogP contribution in [0.3, 0.4) is 0 Å². The summed E-state index contributed by atoms with van der Waals surface area (Å²) in [6, 6.07) is 0.0225. The third-order valence-electron chi connectivity index (χ3n) is 5.73. The molecule has 0 saturated heterocycles. The molecule has 112 valence electrons. The average Bonchev–Trinajstić information content (AvgIpc) is 2.37. The molecule has 1 aliphatic rings. The Morgan fingerprint density at radius 2 is 1.89 bits per heavy atom. The van der Waals surface area contributed by atoms with Crippen LogP contribution in [0.15, 0.2) is 0 Å². The van der Waals surface area contributed by atoms with Crippen LogP contribution in [0.1, 0.15) is 72.6 Å². The minimum atomic E-state index is -0.697. The molecule has 1 atom stereocenters. The summed E-state index contributed by atoms with van der Waals surface area (Å²) in [5.41, 5.74) is 6.46. The van der Waals surface area contributed by atoms with Crippen LogP contribution >= 0.6 is 0 Å². The first-order chi connectivity index (χ1) is 8.77. The highest BCUT2D eigenvalue weighted by molar-refractivity contribution is 5.67. The van der Waals surface area contributed by atoms with E-state index in [9.17, 15) is 9.90 Å². The molecule has 0 aromatic heterocycles. The van der Waals surface area contributed by atoms with E-state index in [-0.39, 0.29) is 17.9 Å². The van der Waals surface area contributed by atoms with Crippen molar-refractivity contribution in [3.63, 3.8) is 0 Å². The van der Waals surface area contributed by atoms with Gasteiger partial charge in [0.05, 0.1) is 6.42 Å². The Bertz CT molecular complexity index is 304. The predicted molar refractivity (Wildman–Crippen MR) is 79.0 cm³/mol. The fourth-order valence-corrected chi connectivity index (χ4v) is 3.68. The quantitative estimate of drug-likeness (QED) is 0.770. The summed E-state index contributed by atoms with van der Waals surface area (Å²) in [5, 5.41) is 9.19. The maximum atomic E-state index is 11.2. The van der Waals surface area contributed by atoms with Gasteiger partial charge in [0.1, 0.15) is 0 Å². The number of carbonyl (C=O) groups is 1. The van der Waals surface area contributed by atoms with Crippen molar-refractivity contribution in [2.24, 2.45) is 22.5 Å². The topological polar surface area (TPSA) is 63.3 Å². The molecule has 3 nitrogen and oxygen atoms in total. The lowest BCUT2D eigenvalue weighted by Gasteiger charge is -2.47. The van der Waals surface area contributed by atoms with Gasteiger partial charge < -0.3 is 10.8 Å². The van der Waals surface area contributed by atoms with Crippen LogP contribution in [-0.2, 0) is 4.79 Å². The lowest BCUT2D eigenvalue weighted by Crippen LogP contribution is -2.46. The van der Waals surface area contributed by atoms with Crippen LogP contribution in [0.2, 0.25) is 0 Å². The van der Waals surface area contributed by atoms with Crippen LogP contribution in [0.4, 0.5) is 0 Å². The highest BCUT2D eigenvalue weighted by Crippen LogP contribution is 2.49. The number of carboxylic acids is 1. The first-order valence-electron chi connectivity index (χ1n) is 7.75. The van der Waals surface area contributed by atoms with Gasteiger partial charge in [0.2, 0.25) is 0 Å². The molecule has 1 saturated carbocycles. The molecular weight excluding hydrogens is 238 g/mol. The maximum Gasteiger partial charge on any atom is 0.303 e. The second-order valence-electron chi connectivity index (χ2n) is 7.06. The van der Waals surface area contributed by atoms with Gasteiger partial charge in [-0.3, -0.25) is 4.79 Å². The number of nitrogens with two attached hydrogens (primary N) is 1. The SMILES string of the molecule is CCC(N)C1(CC(=O)O)CCC(C(C)(C)CC)CC1. The molecule has 0 spiro atoms. The maximum absolute atomic E-state index is 11.2. The van der Waals surface area contributed by atoms with E-state index in [2.05, 4.69) is 27.7 Å². The van der Waals surface area contributed by atoms with Gasteiger partial charge in [-0.25, -0.2) is 0 Å². The van der Waals surface area contributed by atoms with Crippen molar-refractivity contribution in [1.82, 2.24) is 0 Å². The van der Waals surface area contributed by atoms with Gasteiger partial charge in [-0.15, -0.1) is 0 Å². The van der Waals surface area contributed by atoms with Gasteiger partial charge in [0.15, 0.2) is 0 Å². The van der Waals surface area contributed by atoms with E-state index in [1.165, 1.54) is 6.42 Å². The van der Waals surface area contributed by atoms with Crippen LogP contribution in [0.25, 0.3) is 0 Å². The third kappa shape index (κ3) is 3.71. The van der Waals surface area contributed by atoms with Gasteiger partial charge >= 0.3 is 5.97 Å². The highest BCUT2D eigenvalue weighted by atomic mass is 16.4. The number of hydrogen-bond donors (Lipinski definition) is 2. The average molecular weight is 269 g/mol. The van der Waals surface area contributed by atoms with Crippen LogP contribution < -0.4 is 5.73 Å². The molecule has 1 aliphatic carbocycles. The van der Waals surface area contributed by atoms with Gasteiger partial charge in [0.25, 0.3) is 0 Å². The summed E-state index contributed by atoms with van der Waals surface area (Å²) < 4.78 is 0. The molecule has 1 rings (SSSR count). The lowest BCUT2D eigenvalue weighted by atomic mass is 9.59. The molecule has 0 amide bonds. The van der Waals surface area contributed by atoms with Gasteiger partial charge in [0, 0.05) is 6.04 Å². The zero-order chi connectivity index (χ0) is 14.7. The molecule has 0 heterocycles. The van der Waals surface area contributed by atoms with Crippen molar-refractivity contribution < 1.29 is 9.90 Å². The lowest BCUT2D eigenvalue weighted by molar-refractivity contribution is -0.141. The Hall–Kier alpha value is -0.570. The van der Waals surface area contributed by atoms with Crippen molar-refractivity contribution in [2.75, 3.05) is 0 Å². The van der Waals surface area contributed by atoms with Crippen LogP contribution in [0, 0.1) is 16.7 Å². The highest BCUT2D eigenvalue weighted by Gasteiger charge is 2.43. The van der Waals surface area contributed by atoms with Crippen molar-refractivity contribution in [1.29, 1.82) is 0 Å². The van der Waals surface area contributed by atoms with Crippen molar-refractivity contribution in [3.05, 3.63) is 0 Å². The van der Waals surface area contributed by atoms with Crippen LogP contribution in [0.5, 0.6) is 0 Å². The standard InChI is InChI=1S/C16H31NO2/c1-5-13(17)16(11-14(18)19)9-7-12(8-10-16)15(3,4)6-2/h12-13H,5-11,17H2,1-4H3,(H,18,19). The van der Waals surface area contributed by atoms with Crippen LogP contribution in [-0.4, -0.2) is 17.1 Å². The Morgan fingerprint density at radius 1 is 1.37 bits per heavy atom. The van der Waals surface area contributed by atoms with E-state index in [1.54, 1.807) is 0 Å². The Morgan fingerprint density at radius 3 is 2.26 bits per heavy atom. The summed E-state index contributed by atoms with van der Waals surface area (Å²) in [7, 11) is 0. The molecule has 3 N–H and O–H groups in total. The number of carboxylic acid groups (broad SMARTS) is 1. The smallest absolute Gasteiger partial charge is 0.303 e. The molecule has 0 bridgehead atoms. The molecule has 0 radical (unpaired) electrons. The zero-order valence-corrected chi connectivity index (χ0v) is 13.0. The summed E-state index contributed by atoms with van der Waals surface area (Å²) in [6.45, 7) is 8.98. The normalized spacial score (nSPS) is 30.1. The second kappa shape index (κ2) is 6.25. The zero-order valence-electron chi connectivity index (χ0n) is 13.0. The van der Waals surface area contributed by atoms with E-state index in [4.69, 9.17) is 5.73 Å². The minimum absolute atomic E-state index is 0.0225. The van der Waals surface area contributed by atoms with E-state index < -0.39 is 5.97 Å². The van der Waals surface area contributed by atoms with Crippen molar-refractivity contribution >= 4 is 5.97 Å². The molecule has 19 heavy (non-hydrogen) atoms. The summed E-state index contributed by atoms with van der Waals surface area (Å²) in [4.78, 5) is 11.2. The molecule has 1 unspecified atom stereocenters. The van der Waals surface area contributed by atoms with Crippen molar-refractivity contribution in [3.8, 4) is 0 Å². The molecular formula is C16H31NO2. The molecule has 1 fully saturated rings. The minimum Gasteiger partial charge on any atom is -0.481 e. The van der Waals surface area contributed by atoms with Gasteiger partial charge in [-0.05, 0) is 48.9 Å². The molecule has 0 aromatic carbocycles. The Labute approximate surface area is 118 Å². The third-order valence-corrected chi connectivity index (χ3v) is 5.73. The molecule has 0 aliphatic heterocycles. The van der Waals surface area contributed by atoms with Gasteiger partial charge in [-0.2, -0.15) is 0 Å². The monoisotopic (exact) mass is 269 g/mol. The summed E-state index contributed by atoms with van der Waals surface area (Å²) in [5.74, 6) is 0.0144. The number of rotatable bonds is 6. The fraction of sp³-hybridized carbons (Fsp3) is 0.938. The largest absolute Gasteiger partial charge is 0.481 e. The first-order valence-corrected chi connectivity index (χ1v) is 7.75. The van der Waals surface area contributed by atoms with E-state index in [1.807, 2.05) is 0 Å². The predicted octanol–water partition coefficient (Wildman–Crippen LogP) is 3.81. The molecule has 3 heteroatoms. The Balaban J connectivity index is 2.77. The fourth-order valence-electron chi connectivity index (χ4n) is 3.68. The van der Waals surface area contributed by atoms with Gasteiger partial charge in [-0.1, -0.05) is 34.1 Å². The number of aliphatic carboxylic acids is 1.